The summed E-state index contributed by atoms with van der Waals surface area (Å²) >= 11 is 0. The molecule has 7 rings (SSSR count). The molecule has 12 nitrogen and oxygen atoms in total. The number of aliphatic hydroxyl groups is 3. The quantitative estimate of drug-likeness (QED) is 0.0375. The van der Waals surface area contributed by atoms with Crippen LogP contribution in [0.4, 0.5) is 4.79 Å². The molecule has 3 N–H and O–H groups in total. The van der Waals surface area contributed by atoms with Crippen LogP contribution in [-0.2, 0) is 25.7 Å². The second-order valence-corrected chi connectivity index (χ2v) is 16.4. The summed E-state index contributed by atoms with van der Waals surface area (Å²) in [7, 11) is 0. The number of amides is 1. The molecule has 6 atom stereocenters. The van der Waals surface area contributed by atoms with Crippen molar-refractivity contribution in [3.63, 3.8) is 0 Å². The summed E-state index contributed by atoms with van der Waals surface area (Å²) in [5.74, 6) is -0.166. The van der Waals surface area contributed by atoms with E-state index in [-0.39, 0.29) is 83.6 Å². The SMILES string of the molecule is C=CCO[C@@]12Oc3ccc(Oc4ccc5ccccc5c4)cc3[C@H]3[C@H](CCCCO)[C@@H](CCCCO)C=C(C(=NOCc4ccccc4)C[C@@H]1N(CCOCCO)C(=O)OCC)[C@H]32. The lowest BCUT2D eigenvalue weighted by atomic mass is 9.55. The minimum Gasteiger partial charge on any atom is -0.459 e. The summed E-state index contributed by atoms with van der Waals surface area (Å²) in [4.78, 5) is 22.1. The second-order valence-electron chi connectivity index (χ2n) is 16.4. The van der Waals surface area contributed by atoms with Gasteiger partial charge < -0.3 is 43.8 Å². The number of carbonyl (C=O) groups excluding carboxylic acids is 1. The summed E-state index contributed by atoms with van der Waals surface area (Å²) in [6.07, 6.45) is 8.18. The number of rotatable bonds is 23. The number of carbonyl (C=O) groups is 1. The Kier molecular flexibility index (Phi) is 16.3. The number of aliphatic hydroxyl groups excluding tert-OH is 3. The highest BCUT2D eigenvalue weighted by molar-refractivity contribution is 6.03. The van der Waals surface area contributed by atoms with Gasteiger partial charge in [-0.15, -0.1) is 6.58 Å². The molecule has 336 valence electrons. The molecule has 0 aromatic heterocycles. The Morgan fingerprint density at radius 3 is 2.40 bits per heavy atom. The van der Waals surface area contributed by atoms with Gasteiger partial charge in [-0.25, -0.2) is 4.79 Å². The molecule has 2 aliphatic carbocycles. The van der Waals surface area contributed by atoms with Crippen molar-refractivity contribution in [2.24, 2.45) is 22.9 Å². The number of oxime groups is 1. The summed E-state index contributed by atoms with van der Waals surface area (Å²) in [5, 5.41) is 36.6. The number of nitrogens with zero attached hydrogens (tertiary/aromatic N) is 2. The van der Waals surface area contributed by atoms with E-state index in [1.807, 2.05) is 66.7 Å². The minimum absolute atomic E-state index is 0.0310. The first-order chi connectivity index (χ1) is 30.9. The van der Waals surface area contributed by atoms with Crippen LogP contribution >= 0.6 is 0 Å². The van der Waals surface area contributed by atoms with Crippen molar-refractivity contribution in [2.75, 3.05) is 52.8 Å². The van der Waals surface area contributed by atoms with Gasteiger partial charge in [-0.05, 0) is 96.7 Å². The fourth-order valence-electron chi connectivity index (χ4n) is 9.75. The number of benzene rings is 4. The molecule has 3 aliphatic rings. The van der Waals surface area contributed by atoms with E-state index in [2.05, 4.69) is 36.9 Å². The van der Waals surface area contributed by atoms with Gasteiger partial charge in [0.1, 0.15) is 29.9 Å². The molecule has 0 saturated heterocycles. The predicted octanol–water partition coefficient (Wildman–Crippen LogP) is 8.93. The average molecular weight is 863 g/mol. The molecule has 1 saturated carbocycles. The van der Waals surface area contributed by atoms with Gasteiger partial charge in [-0.3, -0.25) is 4.90 Å². The molecule has 1 amide bonds. The van der Waals surface area contributed by atoms with Crippen LogP contribution in [0.25, 0.3) is 10.8 Å². The van der Waals surface area contributed by atoms with E-state index in [4.69, 9.17) is 33.7 Å². The lowest BCUT2D eigenvalue weighted by Gasteiger charge is -2.59. The van der Waals surface area contributed by atoms with Gasteiger partial charge in [0, 0.05) is 37.7 Å². The molecule has 1 aliphatic heterocycles. The molecule has 1 heterocycles. The maximum absolute atomic E-state index is 14.3. The molecule has 4 aromatic rings. The van der Waals surface area contributed by atoms with Gasteiger partial charge in [-0.2, -0.15) is 0 Å². The second kappa shape index (κ2) is 22.4. The highest BCUT2D eigenvalue weighted by Crippen LogP contribution is 2.62. The van der Waals surface area contributed by atoms with E-state index in [0.29, 0.717) is 35.8 Å². The lowest BCUT2D eigenvalue weighted by Crippen LogP contribution is -2.70. The number of ether oxygens (including phenoxy) is 5. The smallest absolute Gasteiger partial charge is 0.410 e. The minimum atomic E-state index is -1.47. The van der Waals surface area contributed by atoms with E-state index < -0.39 is 23.8 Å². The third kappa shape index (κ3) is 10.6. The Morgan fingerprint density at radius 2 is 1.63 bits per heavy atom. The molecule has 0 spiro atoms. The molecule has 4 aromatic carbocycles. The summed E-state index contributed by atoms with van der Waals surface area (Å²) in [6, 6.07) is 29.2. The van der Waals surface area contributed by atoms with Crippen LogP contribution < -0.4 is 9.47 Å². The van der Waals surface area contributed by atoms with Crippen LogP contribution in [-0.4, -0.2) is 96.6 Å². The highest BCUT2D eigenvalue weighted by Gasteiger charge is 2.65. The maximum Gasteiger partial charge on any atom is 0.410 e. The van der Waals surface area contributed by atoms with E-state index in [0.717, 1.165) is 53.2 Å². The number of hydrogen-bond donors (Lipinski definition) is 3. The van der Waals surface area contributed by atoms with Crippen LogP contribution in [0.3, 0.4) is 0 Å². The largest absolute Gasteiger partial charge is 0.459 e. The van der Waals surface area contributed by atoms with Gasteiger partial charge in [0.2, 0.25) is 5.79 Å². The number of hydrogen-bond acceptors (Lipinski definition) is 11. The van der Waals surface area contributed by atoms with Crippen molar-refractivity contribution >= 4 is 22.6 Å². The van der Waals surface area contributed by atoms with Crippen molar-refractivity contribution < 1.29 is 48.6 Å². The molecular formula is C51H62N2O10. The van der Waals surface area contributed by atoms with Crippen LogP contribution in [0.1, 0.15) is 68.9 Å². The molecule has 63 heavy (non-hydrogen) atoms. The summed E-state index contributed by atoms with van der Waals surface area (Å²) in [5.41, 5.74) is 3.50. The van der Waals surface area contributed by atoms with E-state index in [1.165, 1.54) is 0 Å². The van der Waals surface area contributed by atoms with Crippen LogP contribution in [0.2, 0.25) is 0 Å². The number of allylic oxidation sites excluding steroid dienone is 1. The monoisotopic (exact) mass is 862 g/mol. The summed E-state index contributed by atoms with van der Waals surface area (Å²) < 4.78 is 32.5. The fraction of sp³-hybridized carbons (Fsp3) is 0.451. The van der Waals surface area contributed by atoms with Crippen molar-refractivity contribution in [3.8, 4) is 17.2 Å². The topological polar surface area (TPSA) is 149 Å². The number of fused-ring (bicyclic) bond motifs is 3. The maximum atomic E-state index is 14.3. The highest BCUT2D eigenvalue weighted by atomic mass is 16.7. The molecular weight excluding hydrogens is 801 g/mol. The fourth-order valence-corrected chi connectivity index (χ4v) is 9.75. The average Bonchev–Trinajstić information content (AvgIpc) is 3.30. The van der Waals surface area contributed by atoms with Gasteiger partial charge in [-0.1, -0.05) is 90.8 Å². The molecule has 1 fully saturated rings. The van der Waals surface area contributed by atoms with Crippen LogP contribution in [0.5, 0.6) is 17.2 Å². The zero-order valence-corrected chi connectivity index (χ0v) is 36.3. The first-order valence-electron chi connectivity index (χ1n) is 22.5. The third-order valence-electron chi connectivity index (χ3n) is 12.4. The Labute approximate surface area is 370 Å². The zero-order valence-electron chi connectivity index (χ0n) is 36.3. The van der Waals surface area contributed by atoms with Crippen LogP contribution in [0, 0.1) is 17.8 Å². The van der Waals surface area contributed by atoms with E-state index in [9.17, 15) is 20.1 Å². The lowest BCUT2D eigenvalue weighted by molar-refractivity contribution is -0.256. The Bertz CT molecular complexity index is 2180. The van der Waals surface area contributed by atoms with Crippen LogP contribution in [0.15, 0.2) is 120 Å². The van der Waals surface area contributed by atoms with Crippen molar-refractivity contribution in [3.05, 3.63) is 126 Å². The van der Waals surface area contributed by atoms with E-state index >= 15 is 0 Å². The van der Waals surface area contributed by atoms with Crippen molar-refractivity contribution in [1.29, 1.82) is 0 Å². The molecule has 0 bridgehead atoms. The van der Waals surface area contributed by atoms with Crippen molar-refractivity contribution in [2.45, 2.75) is 76.2 Å². The van der Waals surface area contributed by atoms with Crippen molar-refractivity contribution in [1.82, 2.24) is 4.90 Å². The molecule has 12 heteroatoms. The van der Waals surface area contributed by atoms with Gasteiger partial charge in [0.15, 0.2) is 0 Å². The molecule has 0 radical (unpaired) electrons. The number of unbranched alkanes of at least 4 members (excludes halogenated alkanes) is 2. The predicted molar refractivity (Wildman–Crippen MR) is 242 cm³/mol. The Morgan fingerprint density at radius 1 is 0.889 bits per heavy atom. The Balaban J connectivity index is 1.42. The normalized spacial score (nSPS) is 23.0. The van der Waals surface area contributed by atoms with E-state index in [1.54, 1.807) is 17.9 Å². The third-order valence-corrected chi connectivity index (χ3v) is 12.4. The van der Waals surface area contributed by atoms with Gasteiger partial charge in [0.05, 0.1) is 44.7 Å². The summed E-state index contributed by atoms with van der Waals surface area (Å²) in [6.45, 7) is 6.68. The molecule has 0 unspecified atom stereocenters. The zero-order chi connectivity index (χ0) is 44.0. The van der Waals surface area contributed by atoms with Gasteiger partial charge in [0.25, 0.3) is 0 Å². The first kappa shape index (κ1) is 45.8. The van der Waals surface area contributed by atoms with Gasteiger partial charge >= 0.3 is 6.09 Å². The standard InChI is InChI=1S/C51H62N2O10/c1-3-28-60-51-47(53(50(57)59-4-2)24-29-58-30-27-56)34-45(52-61-35-36-14-6-5-7-15-36)43-32-39(18-10-12-25-54)42(19-11-13-26-55)48(49(43)51)44-33-41(22-23-46(44)63-51)62-40-21-20-37-16-8-9-17-38(37)31-40/h3,5-9,14-17,20-23,31-33,39,42,47-49,54-56H,1,4,10-13,18-19,24-30,34-35H2,2H3/t39-,42+,47-,48+,49+,51+/m0/s1. The first-order valence-corrected chi connectivity index (χ1v) is 22.5. The Hall–Kier alpha value is -5.24.